The van der Waals surface area contributed by atoms with Crippen LogP contribution in [-0.4, -0.2) is 23.4 Å². The van der Waals surface area contributed by atoms with E-state index in [-0.39, 0.29) is 11.8 Å². The fourth-order valence-corrected chi connectivity index (χ4v) is 3.59. The topological polar surface area (TPSA) is 80.3 Å². The van der Waals surface area contributed by atoms with Crippen molar-refractivity contribution in [2.24, 2.45) is 0 Å². The molecule has 2 amide bonds. The maximum atomic E-state index is 12.2. The molecule has 0 saturated carbocycles. The summed E-state index contributed by atoms with van der Waals surface area (Å²) in [6.07, 6.45) is 1.02. The minimum Gasteiger partial charge on any atom is -0.494 e. The van der Waals surface area contributed by atoms with Gasteiger partial charge in [-0.25, -0.2) is 4.98 Å². The Labute approximate surface area is 161 Å². The van der Waals surface area contributed by atoms with Crippen LogP contribution in [0.15, 0.2) is 42.5 Å². The molecule has 2 N–H and O–H groups in total. The third-order valence-corrected chi connectivity index (χ3v) is 4.76. The lowest BCUT2D eigenvalue weighted by Crippen LogP contribution is -2.12. The highest BCUT2D eigenvalue weighted by Gasteiger charge is 2.08. The van der Waals surface area contributed by atoms with E-state index in [1.165, 1.54) is 18.3 Å². The van der Waals surface area contributed by atoms with Crippen LogP contribution in [0.1, 0.15) is 25.8 Å². The molecule has 2 aromatic carbocycles. The maximum absolute atomic E-state index is 12.2. The first kappa shape index (κ1) is 18.8. The number of hydrogen-bond donors (Lipinski definition) is 2. The van der Waals surface area contributed by atoms with Gasteiger partial charge in [0.2, 0.25) is 11.8 Å². The first-order chi connectivity index (χ1) is 13.0. The third kappa shape index (κ3) is 5.27. The monoisotopic (exact) mass is 383 g/mol. The smallest absolute Gasteiger partial charge is 0.224 e. The van der Waals surface area contributed by atoms with Crippen LogP contribution in [0.3, 0.4) is 0 Å². The zero-order chi connectivity index (χ0) is 19.2. The fourth-order valence-electron chi connectivity index (χ4n) is 2.61. The molecule has 3 rings (SSSR count). The van der Waals surface area contributed by atoms with Crippen LogP contribution < -0.4 is 15.4 Å². The average molecular weight is 383 g/mol. The summed E-state index contributed by atoms with van der Waals surface area (Å²) in [4.78, 5) is 27.7. The van der Waals surface area contributed by atoms with Gasteiger partial charge < -0.3 is 15.4 Å². The molecule has 0 aliphatic carbocycles. The highest BCUT2D eigenvalue weighted by molar-refractivity contribution is 7.22. The van der Waals surface area contributed by atoms with E-state index in [9.17, 15) is 9.59 Å². The Morgan fingerprint density at radius 3 is 2.59 bits per heavy atom. The lowest BCUT2D eigenvalue weighted by atomic mass is 10.1. The van der Waals surface area contributed by atoms with E-state index in [2.05, 4.69) is 15.6 Å². The third-order valence-electron chi connectivity index (χ3n) is 3.83. The number of amides is 2. The van der Waals surface area contributed by atoms with Crippen LogP contribution in [0.2, 0.25) is 0 Å². The van der Waals surface area contributed by atoms with E-state index in [4.69, 9.17) is 4.74 Å². The van der Waals surface area contributed by atoms with Crippen molar-refractivity contribution >= 4 is 44.2 Å². The fraction of sp³-hybridized carbons (Fsp3) is 0.250. The van der Waals surface area contributed by atoms with E-state index in [0.29, 0.717) is 24.6 Å². The molecule has 140 valence electrons. The summed E-state index contributed by atoms with van der Waals surface area (Å²) in [5.74, 6) is 0.606. The Bertz CT molecular complexity index is 951. The van der Waals surface area contributed by atoms with Gasteiger partial charge in [0.15, 0.2) is 5.13 Å². The second-order valence-corrected chi connectivity index (χ2v) is 7.04. The summed E-state index contributed by atoms with van der Waals surface area (Å²) < 4.78 is 6.38. The quantitative estimate of drug-likeness (QED) is 0.640. The Morgan fingerprint density at radius 2 is 1.89 bits per heavy atom. The van der Waals surface area contributed by atoms with E-state index >= 15 is 0 Å². The van der Waals surface area contributed by atoms with Crippen molar-refractivity contribution in [2.75, 3.05) is 17.2 Å². The van der Waals surface area contributed by atoms with E-state index in [1.54, 1.807) is 0 Å². The Kier molecular flexibility index (Phi) is 6.03. The molecule has 0 saturated heterocycles. The number of aromatic nitrogens is 1. The van der Waals surface area contributed by atoms with E-state index < -0.39 is 0 Å². The minimum atomic E-state index is -0.139. The lowest BCUT2D eigenvalue weighted by Gasteiger charge is -2.07. The normalized spacial score (nSPS) is 10.6. The second kappa shape index (κ2) is 8.64. The van der Waals surface area contributed by atoms with Crippen molar-refractivity contribution in [3.05, 3.63) is 48.0 Å². The number of anilines is 2. The maximum Gasteiger partial charge on any atom is 0.224 e. The Balaban J connectivity index is 1.57. The lowest BCUT2D eigenvalue weighted by molar-refractivity contribution is -0.116. The number of hydrogen-bond acceptors (Lipinski definition) is 5. The number of aryl methyl sites for hydroxylation is 1. The molecule has 7 heteroatoms. The summed E-state index contributed by atoms with van der Waals surface area (Å²) in [6.45, 7) is 4.00. The van der Waals surface area contributed by atoms with Crippen molar-refractivity contribution in [1.82, 2.24) is 4.98 Å². The predicted molar refractivity (Wildman–Crippen MR) is 108 cm³/mol. The van der Waals surface area contributed by atoms with Crippen LogP contribution in [-0.2, 0) is 16.0 Å². The molecular formula is C20H21N3O3S. The Hall–Kier alpha value is -2.93. The SMILES string of the molecule is CCOc1ccc(NC(=O)CCc2ccc3nc(NC(C)=O)sc3c2)cc1. The number of fused-ring (bicyclic) bond motifs is 1. The second-order valence-electron chi connectivity index (χ2n) is 6.01. The molecule has 0 unspecified atom stereocenters. The van der Waals surface area contributed by atoms with Gasteiger partial charge in [-0.1, -0.05) is 17.4 Å². The zero-order valence-corrected chi connectivity index (χ0v) is 16.1. The molecule has 6 nitrogen and oxygen atoms in total. The molecular weight excluding hydrogens is 362 g/mol. The van der Waals surface area contributed by atoms with Crippen LogP contribution in [0.25, 0.3) is 10.2 Å². The van der Waals surface area contributed by atoms with Gasteiger partial charge in [-0.2, -0.15) is 0 Å². The number of nitrogens with one attached hydrogen (secondary N) is 2. The molecule has 0 spiro atoms. The predicted octanol–water partition coefficient (Wildman–Crippen LogP) is 4.22. The van der Waals surface area contributed by atoms with Crippen LogP contribution >= 0.6 is 11.3 Å². The number of rotatable bonds is 7. The van der Waals surface area contributed by atoms with E-state index in [0.717, 1.165) is 27.2 Å². The molecule has 0 aliphatic heterocycles. The molecule has 0 atom stereocenters. The summed E-state index contributed by atoms with van der Waals surface area (Å²) in [7, 11) is 0. The van der Waals surface area contributed by atoms with Gasteiger partial charge in [-0.15, -0.1) is 0 Å². The van der Waals surface area contributed by atoms with Gasteiger partial charge in [0.05, 0.1) is 16.8 Å². The molecule has 0 aliphatic rings. The summed E-state index contributed by atoms with van der Waals surface area (Å²) in [5.41, 5.74) is 2.65. The van der Waals surface area contributed by atoms with Crippen LogP contribution in [0.4, 0.5) is 10.8 Å². The van der Waals surface area contributed by atoms with Crippen molar-refractivity contribution in [3.63, 3.8) is 0 Å². The molecule has 0 radical (unpaired) electrons. The standard InChI is InChI=1S/C20H21N3O3S/c1-3-26-16-8-6-15(7-9-16)22-19(25)11-5-14-4-10-17-18(12-14)27-20(23-17)21-13(2)24/h4,6-10,12H,3,5,11H2,1-2H3,(H,22,25)(H,21,23,24). The molecule has 1 aromatic heterocycles. The van der Waals surface area contributed by atoms with Gasteiger partial charge in [0.1, 0.15) is 5.75 Å². The first-order valence-corrected chi connectivity index (χ1v) is 9.55. The van der Waals surface area contributed by atoms with Crippen molar-refractivity contribution in [1.29, 1.82) is 0 Å². The van der Waals surface area contributed by atoms with Gasteiger partial charge >= 0.3 is 0 Å². The van der Waals surface area contributed by atoms with Gasteiger partial charge in [0, 0.05) is 19.0 Å². The van der Waals surface area contributed by atoms with Crippen LogP contribution in [0.5, 0.6) is 5.75 Å². The first-order valence-electron chi connectivity index (χ1n) is 8.73. The van der Waals surface area contributed by atoms with Crippen molar-refractivity contribution in [3.8, 4) is 5.75 Å². The number of thiazole rings is 1. The van der Waals surface area contributed by atoms with Gasteiger partial charge in [-0.3, -0.25) is 9.59 Å². The molecule has 1 heterocycles. The van der Waals surface area contributed by atoms with Crippen molar-refractivity contribution < 1.29 is 14.3 Å². The molecule has 0 fully saturated rings. The van der Waals surface area contributed by atoms with Crippen molar-refractivity contribution in [2.45, 2.75) is 26.7 Å². The van der Waals surface area contributed by atoms with Gasteiger partial charge in [0.25, 0.3) is 0 Å². The largest absolute Gasteiger partial charge is 0.494 e. The number of carbonyl (C=O) groups excluding carboxylic acids is 2. The summed E-state index contributed by atoms with van der Waals surface area (Å²) >= 11 is 1.43. The highest BCUT2D eigenvalue weighted by atomic mass is 32.1. The number of benzene rings is 2. The number of carbonyl (C=O) groups is 2. The molecule has 27 heavy (non-hydrogen) atoms. The number of nitrogens with zero attached hydrogens (tertiary/aromatic N) is 1. The van der Waals surface area contributed by atoms with E-state index in [1.807, 2.05) is 49.4 Å². The van der Waals surface area contributed by atoms with Crippen LogP contribution in [0, 0.1) is 0 Å². The summed E-state index contributed by atoms with van der Waals surface area (Å²) in [5, 5.41) is 6.18. The molecule has 0 bridgehead atoms. The summed E-state index contributed by atoms with van der Waals surface area (Å²) in [6, 6.07) is 13.2. The Morgan fingerprint density at radius 1 is 1.11 bits per heavy atom. The minimum absolute atomic E-state index is 0.0394. The zero-order valence-electron chi connectivity index (χ0n) is 15.2. The molecule has 3 aromatic rings. The number of ether oxygens (including phenoxy) is 1. The van der Waals surface area contributed by atoms with Gasteiger partial charge in [-0.05, 0) is 55.3 Å². The highest BCUT2D eigenvalue weighted by Crippen LogP contribution is 2.27. The average Bonchev–Trinajstić information content (AvgIpc) is 3.02.